The Hall–Kier alpha value is -2.54. The first-order chi connectivity index (χ1) is 14.2. The molecule has 0 bridgehead atoms. The lowest BCUT2D eigenvalue weighted by Gasteiger charge is -2.27. The summed E-state index contributed by atoms with van der Waals surface area (Å²) < 4.78 is 27.9. The summed E-state index contributed by atoms with van der Waals surface area (Å²) in [6, 6.07) is 19.8. The molecule has 30 heavy (non-hydrogen) atoms. The standard InChI is InChI=1S/C22H20Cl2N2O3S/c1-16-8-10-21(11-9-16)30(28,29)26(20-13-17(23)12-18(24)14-20)15-22(27)25(2)19-6-4-3-5-7-19/h3-14H,15H2,1-2H3. The van der Waals surface area contributed by atoms with Gasteiger partial charge < -0.3 is 4.90 Å². The molecule has 3 aromatic rings. The lowest BCUT2D eigenvalue weighted by molar-refractivity contribution is -0.116. The summed E-state index contributed by atoms with van der Waals surface area (Å²) in [5.74, 6) is -0.409. The fourth-order valence-corrected chi connectivity index (χ4v) is 4.77. The second kappa shape index (κ2) is 9.08. The predicted octanol–water partition coefficient (Wildman–Crippen LogP) is 5.16. The van der Waals surface area contributed by atoms with Crippen molar-refractivity contribution in [1.29, 1.82) is 0 Å². The molecule has 0 spiro atoms. The number of nitrogens with zero attached hydrogens (tertiary/aromatic N) is 2. The summed E-state index contributed by atoms with van der Waals surface area (Å²) in [6.07, 6.45) is 0. The molecule has 0 aliphatic carbocycles. The summed E-state index contributed by atoms with van der Waals surface area (Å²) >= 11 is 12.2. The molecule has 1 amide bonds. The highest BCUT2D eigenvalue weighted by atomic mass is 35.5. The largest absolute Gasteiger partial charge is 0.314 e. The van der Waals surface area contributed by atoms with E-state index in [2.05, 4.69) is 0 Å². The molecular formula is C22H20Cl2N2O3S. The van der Waals surface area contributed by atoms with E-state index in [9.17, 15) is 13.2 Å². The van der Waals surface area contributed by atoms with Crippen molar-refractivity contribution in [2.45, 2.75) is 11.8 Å². The van der Waals surface area contributed by atoms with Crippen molar-refractivity contribution in [3.63, 3.8) is 0 Å². The first-order valence-electron chi connectivity index (χ1n) is 9.05. The molecule has 0 unspecified atom stereocenters. The van der Waals surface area contributed by atoms with E-state index in [1.807, 2.05) is 13.0 Å². The number of hydrogen-bond donors (Lipinski definition) is 0. The van der Waals surface area contributed by atoms with Crippen LogP contribution in [0.25, 0.3) is 0 Å². The van der Waals surface area contributed by atoms with Gasteiger partial charge in [-0.3, -0.25) is 9.10 Å². The molecule has 8 heteroatoms. The minimum absolute atomic E-state index is 0.0689. The average molecular weight is 463 g/mol. The normalized spacial score (nSPS) is 11.2. The highest BCUT2D eigenvalue weighted by molar-refractivity contribution is 7.92. The smallest absolute Gasteiger partial charge is 0.264 e. The maximum atomic E-state index is 13.4. The van der Waals surface area contributed by atoms with E-state index in [-0.39, 0.29) is 20.6 Å². The third-order valence-corrected chi connectivity index (χ3v) is 6.77. The lowest BCUT2D eigenvalue weighted by atomic mass is 10.2. The molecule has 0 atom stereocenters. The van der Waals surface area contributed by atoms with Gasteiger partial charge in [-0.05, 0) is 49.4 Å². The van der Waals surface area contributed by atoms with Crippen LogP contribution in [0.2, 0.25) is 10.0 Å². The van der Waals surface area contributed by atoms with E-state index in [1.165, 1.54) is 35.2 Å². The first-order valence-corrected chi connectivity index (χ1v) is 11.3. The molecule has 0 aliphatic rings. The van der Waals surface area contributed by atoms with Crippen LogP contribution in [0.3, 0.4) is 0 Å². The number of benzene rings is 3. The van der Waals surface area contributed by atoms with Gasteiger partial charge in [0, 0.05) is 22.8 Å². The van der Waals surface area contributed by atoms with Gasteiger partial charge in [-0.2, -0.15) is 0 Å². The summed E-state index contributed by atoms with van der Waals surface area (Å²) in [5, 5.41) is 0.538. The van der Waals surface area contributed by atoms with Gasteiger partial charge in [-0.25, -0.2) is 8.42 Å². The molecule has 0 radical (unpaired) electrons. The van der Waals surface area contributed by atoms with Gasteiger partial charge in [-0.1, -0.05) is 59.1 Å². The van der Waals surface area contributed by atoms with Gasteiger partial charge in [-0.15, -0.1) is 0 Å². The van der Waals surface area contributed by atoms with Gasteiger partial charge in [0.2, 0.25) is 5.91 Å². The van der Waals surface area contributed by atoms with Crippen LogP contribution < -0.4 is 9.21 Å². The van der Waals surface area contributed by atoms with Crippen LogP contribution in [0, 0.1) is 6.92 Å². The number of carbonyl (C=O) groups excluding carboxylic acids is 1. The van der Waals surface area contributed by atoms with Crippen molar-refractivity contribution in [3.05, 3.63) is 88.4 Å². The second-order valence-electron chi connectivity index (χ2n) is 6.74. The van der Waals surface area contributed by atoms with Crippen molar-refractivity contribution >= 4 is 50.5 Å². The second-order valence-corrected chi connectivity index (χ2v) is 9.48. The summed E-state index contributed by atoms with van der Waals surface area (Å²) in [4.78, 5) is 14.5. The van der Waals surface area contributed by atoms with Gasteiger partial charge in [0.25, 0.3) is 10.0 Å². The SMILES string of the molecule is Cc1ccc(S(=O)(=O)N(CC(=O)N(C)c2ccccc2)c2cc(Cl)cc(Cl)c2)cc1. The Bertz CT molecular complexity index is 1130. The van der Waals surface area contributed by atoms with E-state index in [1.54, 1.807) is 43.4 Å². The number of halogens is 2. The van der Waals surface area contributed by atoms with Gasteiger partial charge in [0.15, 0.2) is 0 Å². The fraction of sp³-hybridized carbons (Fsp3) is 0.136. The van der Waals surface area contributed by atoms with E-state index >= 15 is 0 Å². The molecule has 156 valence electrons. The molecule has 3 aromatic carbocycles. The molecule has 0 saturated heterocycles. The zero-order chi connectivity index (χ0) is 21.9. The number of sulfonamides is 1. The molecule has 3 rings (SSSR count). The Balaban J connectivity index is 2.03. The Kier molecular flexibility index (Phi) is 6.71. The van der Waals surface area contributed by atoms with Crippen LogP contribution in [0.5, 0.6) is 0 Å². The first kappa shape index (κ1) is 22.2. The Morgan fingerprint density at radius 3 is 2.00 bits per heavy atom. The number of carbonyl (C=O) groups is 1. The Morgan fingerprint density at radius 1 is 0.867 bits per heavy atom. The quantitative estimate of drug-likeness (QED) is 0.508. The van der Waals surface area contributed by atoms with E-state index < -0.39 is 22.5 Å². The number of anilines is 2. The average Bonchev–Trinajstić information content (AvgIpc) is 2.71. The molecule has 0 aromatic heterocycles. The number of para-hydroxylation sites is 1. The number of likely N-dealkylation sites (N-methyl/N-ethyl adjacent to an activating group) is 1. The molecule has 5 nitrogen and oxygen atoms in total. The molecular weight excluding hydrogens is 443 g/mol. The van der Waals surface area contributed by atoms with Crippen LogP contribution in [-0.2, 0) is 14.8 Å². The highest BCUT2D eigenvalue weighted by Gasteiger charge is 2.29. The maximum Gasteiger partial charge on any atom is 0.264 e. The van der Waals surface area contributed by atoms with Gasteiger partial charge in [0.1, 0.15) is 6.54 Å². The molecule has 0 aliphatic heterocycles. The van der Waals surface area contributed by atoms with Gasteiger partial charge >= 0.3 is 0 Å². The van der Waals surface area contributed by atoms with Crippen LogP contribution >= 0.6 is 23.2 Å². The topological polar surface area (TPSA) is 57.7 Å². The van der Waals surface area contributed by atoms with Crippen LogP contribution in [-0.4, -0.2) is 27.9 Å². The fourth-order valence-electron chi connectivity index (χ4n) is 2.86. The third-order valence-electron chi connectivity index (χ3n) is 4.54. The van der Waals surface area contributed by atoms with Gasteiger partial charge in [0.05, 0.1) is 10.6 Å². The Morgan fingerprint density at radius 2 is 1.43 bits per heavy atom. The molecule has 0 saturated carbocycles. The van der Waals surface area contributed by atoms with E-state index in [0.717, 1.165) is 9.87 Å². The minimum atomic E-state index is -4.05. The summed E-state index contributed by atoms with van der Waals surface area (Å²) in [5.41, 5.74) is 1.79. The minimum Gasteiger partial charge on any atom is -0.314 e. The molecule has 0 heterocycles. The lowest BCUT2D eigenvalue weighted by Crippen LogP contribution is -2.41. The monoisotopic (exact) mass is 462 g/mol. The van der Waals surface area contributed by atoms with Crippen molar-refractivity contribution in [1.82, 2.24) is 0 Å². The number of rotatable bonds is 6. The van der Waals surface area contributed by atoms with Crippen LogP contribution in [0.4, 0.5) is 11.4 Å². The van der Waals surface area contributed by atoms with E-state index in [0.29, 0.717) is 5.69 Å². The number of aryl methyl sites for hydroxylation is 1. The third kappa shape index (κ3) is 4.95. The van der Waals surface area contributed by atoms with Crippen molar-refractivity contribution in [3.8, 4) is 0 Å². The van der Waals surface area contributed by atoms with Crippen molar-refractivity contribution in [2.24, 2.45) is 0 Å². The van der Waals surface area contributed by atoms with Crippen molar-refractivity contribution < 1.29 is 13.2 Å². The van der Waals surface area contributed by atoms with Crippen molar-refractivity contribution in [2.75, 3.05) is 22.8 Å². The number of hydrogen-bond acceptors (Lipinski definition) is 3. The Labute approximate surface area is 186 Å². The zero-order valence-corrected chi connectivity index (χ0v) is 18.7. The highest BCUT2D eigenvalue weighted by Crippen LogP contribution is 2.30. The predicted molar refractivity (Wildman–Crippen MR) is 122 cm³/mol. The maximum absolute atomic E-state index is 13.4. The number of amides is 1. The van der Waals surface area contributed by atoms with Crippen LogP contribution in [0.1, 0.15) is 5.56 Å². The zero-order valence-electron chi connectivity index (χ0n) is 16.4. The molecule has 0 fully saturated rings. The van der Waals surface area contributed by atoms with E-state index in [4.69, 9.17) is 23.2 Å². The summed E-state index contributed by atoms with van der Waals surface area (Å²) in [7, 11) is -2.45. The van der Waals surface area contributed by atoms with Crippen LogP contribution in [0.15, 0.2) is 77.7 Å². The summed E-state index contributed by atoms with van der Waals surface area (Å²) in [6.45, 7) is 1.45. The molecule has 0 N–H and O–H groups in total.